The molecule has 38 heavy (non-hydrogen) atoms. The quantitative estimate of drug-likeness (QED) is 0.239. The number of aliphatic carboxylic acids is 1. The van der Waals surface area contributed by atoms with Gasteiger partial charge in [0.15, 0.2) is 0 Å². The van der Waals surface area contributed by atoms with Crippen molar-refractivity contribution in [3.05, 3.63) is 101 Å². The molecule has 6 nitrogen and oxygen atoms in total. The number of amides is 1. The molecule has 0 spiro atoms. The van der Waals surface area contributed by atoms with Gasteiger partial charge in [-0.3, -0.25) is 9.78 Å². The van der Waals surface area contributed by atoms with Crippen LogP contribution in [0.2, 0.25) is 0 Å². The molecular formula is C30H31LiN2O4S. The second-order valence-corrected chi connectivity index (χ2v) is 10.7. The molecule has 2 unspecified atom stereocenters. The monoisotopic (exact) mass is 522 g/mol. The van der Waals surface area contributed by atoms with E-state index in [-0.39, 0.29) is 31.0 Å². The summed E-state index contributed by atoms with van der Waals surface area (Å²) in [4.78, 5) is 29.5. The van der Waals surface area contributed by atoms with Crippen molar-refractivity contribution in [1.82, 2.24) is 10.3 Å². The summed E-state index contributed by atoms with van der Waals surface area (Å²) >= 11 is -1.15. The molecule has 0 aliphatic carbocycles. The maximum absolute atomic E-state index is 13.3. The summed E-state index contributed by atoms with van der Waals surface area (Å²) in [7, 11) is 0. The molecule has 0 radical (unpaired) electrons. The van der Waals surface area contributed by atoms with E-state index < -0.39 is 29.1 Å². The van der Waals surface area contributed by atoms with Gasteiger partial charge in [0.1, 0.15) is 11.8 Å². The number of rotatable bonds is 10. The Morgan fingerprint density at radius 2 is 1.68 bits per heavy atom. The third-order valence-electron chi connectivity index (χ3n) is 6.41. The number of nitrogens with zero attached hydrogens (tertiary/aromatic N) is 1. The predicted octanol–water partition coefficient (Wildman–Crippen LogP) is 4.30. The van der Waals surface area contributed by atoms with Crippen LogP contribution in [0.15, 0.2) is 79.0 Å². The molecule has 0 aliphatic rings. The summed E-state index contributed by atoms with van der Waals surface area (Å²) < 4.78 is 11.5. The van der Waals surface area contributed by atoms with Crippen LogP contribution in [0.4, 0.5) is 0 Å². The molecule has 1 aromatic heterocycles. The Hall–Kier alpha value is -3.08. The molecule has 1 heterocycles. The van der Waals surface area contributed by atoms with Gasteiger partial charge in [0.05, 0.1) is 11.8 Å². The fraction of sp³-hybridized carbons (Fsp3) is 0.233. The molecule has 8 heteroatoms. The number of pyridine rings is 1. The average Bonchev–Trinajstić information content (AvgIpc) is 2.89. The molecule has 0 bridgehead atoms. The van der Waals surface area contributed by atoms with E-state index in [0.29, 0.717) is 5.56 Å². The third kappa shape index (κ3) is 7.49. The van der Waals surface area contributed by atoms with Crippen molar-refractivity contribution >= 4 is 52.8 Å². The average molecular weight is 523 g/mol. The number of para-hydroxylation sites is 1. The van der Waals surface area contributed by atoms with Crippen molar-refractivity contribution in [3.8, 4) is 11.1 Å². The zero-order valence-electron chi connectivity index (χ0n) is 20.9. The summed E-state index contributed by atoms with van der Waals surface area (Å²) in [6.45, 7) is 1.99. The summed E-state index contributed by atoms with van der Waals surface area (Å²) in [5.74, 6) is -1.40. The van der Waals surface area contributed by atoms with E-state index in [1.54, 1.807) is 6.07 Å². The number of nitrogens with one attached hydrogen (secondary N) is 1. The topological polar surface area (TPSA) is 102 Å². The normalized spacial score (nSPS) is 12.4. The Labute approximate surface area is 238 Å². The Kier molecular flexibility index (Phi) is 10.6. The van der Waals surface area contributed by atoms with Gasteiger partial charge >= 0.3 is 24.8 Å². The molecule has 3 aromatic carbocycles. The van der Waals surface area contributed by atoms with Crippen LogP contribution in [0.5, 0.6) is 0 Å². The molecule has 0 saturated heterocycles. The number of carboxylic acid groups (broad SMARTS) is 1. The van der Waals surface area contributed by atoms with Crippen LogP contribution < -0.4 is 5.32 Å². The van der Waals surface area contributed by atoms with Gasteiger partial charge in [0, 0.05) is 23.6 Å². The van der Waals surface area contributed by atoms with Crippen LogP contribution in [0.1, 0.15) is 33.5 Å². The fourth-order valence-corrected chi connectivity index (χ4v) is 4.93. The van der Waals surface area contributed by atoms with Crippen molar-refractivity contribution in [2.75, 3.05) is 12.0 Å². The number of carboxylic acids is 1. The van der Waals surface area contributed by atoms with Crippen molar-refractivity contribution in [1.29, 1.82) is 0 Å². The van der Waals surface area contributed by atoms with Crippen molar-refractivity contribution < 1.29 is 19.2 Å². The standard InChI is InChI=1S/C30H30N2O4S.Li.H/c1-20-7-3-5-9-24(20)26-18-21(11-12-22-17-23-8-4-6-10-27(23)31-19-22)13-14-25(26)29(33)32-28(30(34)35)15-16-37(2)36;;/h3-10,13-14,17-19,28H,11-12,15-16H2,1-2H3,(H,32,33)(H,34,35);;. The number of benzene rings is 3. The van der Waals surface area contributed by atoms with Crippen LogP contribution >= 0.6 is 0 Å². The Balaban J connectivity index is 0.00000400. The second-order valence-electron chi connectivity index (χ2n) is 9.16. The number of fused-ring (bicyclic) bond motifs is 1. The summed E-state index contributed by atoms with van der Waals surface area (Å²) in [6.07, 6.45) is 5.08. The first kappa shape index (κ1) is 29.5. The zero-order valence-corrected chi connectivity index (χ0v) is 21.8. The van der Waals surface area contributed by atoms with Crippen LogP contribution in [-0.4, -0.2) is 63.4 Å². The predicted molar refractivity (Wildman–Crippen MR) is 155 cm³/mol. The molecule has 192 valence electrons. The van der Waals surface area contributed by atoms with Gasteiger partial charge in [0.25, 0.3) is 5.91 Å². The molecular weight excluding hydrogens is 491 g/mol. The van der Waals surface area contributed by atoms with Crippen LogP contribution in [0.3, 0.4) is 0 Å². The SMILES string of the molecule is Cc1ccccc1-c1cc(CCc2cnc3ccccc3c2)ccc1C(=O)NC(CC[S+](C)[O-])C(=O)O.[LiH]. The molecule has 0 fully saturated rings. The first-order valence-electron chi connectivity index (χ1n) is 12.2. The maximum atomic E-state index is 13.3. The number of aromatic nitrogens is 1. The number of aryl methyl sites for hydroxylation is 3. The molecule has 1 amide bonds. The van der Waals surface area contributed by atoms with E-state index in [0.717, 1.165) is 51.6 Å². The van der Waals surface area contributed by atoms with Gasteiger partial charge in [0.2, 0.25) is 0 Å². The first-order valence-corrected chi connectivity index (χ1v) is 13.9. The van der Waals surface area contributed by atoms with Gasteiger partial charge in [-0.1, -0.05) is 65.8 Å². The first-order chi connectivity index (χ1) is 17.8. The van der Waals surface area contributed by atoms with Gasteiger partial charge in [-0.05, 0) is 65.8 Å². The fourth-order valence-electron chi connectivity index (χ4n) is 4.36. The minimum atomic E-state index is -1.15. The van der Waals surface area contributed by atoms with Crippen LogP contribution in [0, 0.1) is 6.92 Å². The van der Waals surface area contributed by atoms with Crippen molar-refractivity contribution in [3.63, 3.8) is 0 Å². The Morgan fingerprint density at radius 1 is 0.974 bits per heavy atom. The Morgan fingerprint density at radius 3 is 2.42 bits per heavy atom. The molecule has 2 N–H and O–H groups in total. The minimum absolute atomic E-state index is 0. The van der Waals surface area contributed by atoms with Crippen LogP contribution in [0.25, 0.3) is 22.0 Å². The number of carbonyl (C=O) groups is 2. The van der Waals surface area contributed by atoms with E-state index in [1.807, 2.05) is 67.7 Å². The van der Waals surface area contributed by atoms with E-state index in [4.69, 9.17) is 0 Å². The molecule has 0 aliphatic heterocycles. The Bertz CT molecular complexity index is 1430. The number of hydrogen-bond donors (Lipinski definition) is 2. The summed E-state index contributed by atoms with van der Waals surface area (Å²) in [5, 5.41) is 13.3. The van der Waals surface area contributed by atoms with Gasteiger partial charge in [-0.25, -0.2) is 4.79 Å². The van der Waals surface area contributed by atoms with Gasteiger partial charge in [-0.15, -0.1) is 0 Å². The molecule has 0 saturated carbocycles. The number of carbonyl (C=O) groups excluding carboxylic acids is 1. The summed E-state index contributed by atoms with van der Waals surface area (Å²) in [5.41, 5.74) is 6.28. The van der Waals surface area contributed by atoms with E-state index in [2.05, 4.69) is 22.4 Å². The third-order valence-corrected chi connectivity index (χ3v) is 7.22. The number of hydrogen-bond acceptors (Lipinski definition) is 4. The second kappa shape index (κ2) is 13.6. The van der Waals surface area contributed by atoms with Gasteiger partial charge < -0.3 is 15.0 Å². The van der Waals surface area contributed by atoms with Crippen LogP contribution in [-0.2, 0) is 28.8 Å². The van der Waals surface area contributed by atoms with Crippen molar-refractivity contribution in [2.24, 2.45) is 0 Å². The zero-order chi connectivity index (χ0) is 26.4. The van der Waals surface area contributed by atoms with E-state index >= 15 is 0 Å². The van der Waals surface area contributed by atoms with Crippen molar-refractivity contribution in [2.45, 2.75) is 32.2 Å². The van der Waals surface area contributed by atoms with E-state index in [9.17, 15) is 19.2 Å². The molecule has 4 aromatic rings. The molecule has 4 rings (SSSR count). The molecule has 2 atom stereocenters. The summed E-state index contributed by atoms with van der Waals surface area (Å²) in [6, 6.07) is 22.6. The van der Waals surface area contributed by atoms with E-state index in [1.165, 1.54) is 6.26 Å². The van der Waals surface area contributed by atoms with Gasteiger partial charge in [-0.2, -0.15) is 0 Å².